The summed E-state index contributed by atoms with van der Waals surface area (Å²) in [5.41, 5.74) is 3.38. The fourth-order valence-electron chi connectivity index (χ4n) is 5.42. The van der Waals surface area contributed by atoms with E-state index in [-0.39, 0.29) is 18.1 Å². The van der Waals surface area contributed by atoms with Gasteiger partial charge < -0.3 is 23.7 Å². The molecule has 5 atom stereocenters. The van der Waals surface area contributed by atoms with Crippen LogP contribution in [0.5, 0.6) is 11.5 Å². The van der Waals surface area contributed by atoms with E-state index in [1.807, 2.05) is 54.6 Å². The molecule has 1 fully saturated rings. The summed E-state index contributed by atoms with van der Waals surface area (Å²) in [6.45, 7) is 5.35. The van der Waals surface area contributed by atoms with E-state index >= 15 is 0 Å². The average molecular weight is 489 g/mol. The van der Waals surface area contributed by atoms with Gasteiger partial charge in [0.05, 0.1) is 32.5 Å². The Morgan fingerprint density at radius 2 is 1.56 bits per heavy atom. The molecule has 2 aliphatic rings. The molecule has 0 bridgehead atoms. The van der Waals surface area contributed by atoms with E-state index in [2.05, 4.69) is 38.1 Å². The Balaban J connectivity index is 1.47. The lowest BCUT2D eigenvalue weighted by molar-refractivity contribution is -0.345. The molecular weight excluding hydrogens is 452 g/mol. The predicted octanol–water partition coefficient (Wildman–Crippen LogP) is 6.33. The summed E-state index contributed by atoms with van der Waals surface area (Å²) in [5, 5.41) is 0. The first-order valence-electron chi connectivity index (χ1n) is 13.0. The lowest BCUT2D eigenvalue weighted by Crippen LogP contribution is -2.66. The minimum absolute atomic E-state index is 0.00199. The van der Waals surface area contributed by atoms with Crippen molar-refractivity contribution in [3.63, 3.8) is 0 Å². The summed E-state index contributed by atoms with van der Waals surface area (Å²) in [5.74, 6) is 0.872. The summed E-state index contributed by atoms with van der Waals surface area (Å²) >= 11 is 0. The maximum atomic E-state index is 6.81. The first-order valence-corrected chi connectivity index (χ1v) is 13.0. The van der Waals surface area contributed by atoms with E-state index in [1.54, 1.807) is 7.11 Å². The number of aryl methyl sites for hydroxylation is 1. The Labute approximate surface area is 214 Å². The van der Waals surface area contributed by atoms with Gasteiger partial charge in [-0.2, -0.15) is 0 Å². The zero-order valence-corrected chi connectivity index (χ0v) is 21.4. The average Bonchev–Trinajstić information content (AvgIpc) is 2.93. The van der Waals surface area contributed by atoms with Gasteiger partial charge in [-0.1, -0.05) is 74.5 Å². The molecule has 3 aromatic carbocycles. The number of rotatable bonds is 8. The van der Waals surface area contributed by atoms with Crippen molar-refractivity contribution in [2.45, 2.75) is 70.4 Å². The van der Waals surface area contributed by atoms with Gasteiger partial charge in [0.25, 0.3) is 0 Å². The standard InChI is InChI=1S/C31H36O5/c1-4-27-22(2)29(33-20-23-11-7-5-8-12-23)30(34-21-24-13-9-6-10-14-24)31(35-27)18-17-25-19-26(32-3)15-16-28(25)36-31/h5-16,19,22,27,29-30H,4,17-18,20-21H2,1-3H3/t22-,27-,29+,30+,31-/m1/s1. The molecule has 0 unspecified atom stereocenters. The molecule has 0 amide bonds. The minimum atomic E-state index is -0.926. The van der Waals surface area contributed by atoms with Crippen molar-refractivity contribution >= 4 is 0 Å². The molecule has 1 saturated heterocycles. The third-order valence-corrected chi connectivity index (χ3v) is 7.44. The van der Waals surface area contributed by atoms with Gasteiger partial charge in [-0.25, -0.2) is 0 Å². The maximum absolute atomic E-state index is 6.81. The van der Waals surface area contributed by atoms with E-state index in [4.69, 9.17) is 23.7 Å². The lowest BCUT2D eigenvalue weighted by atomic mass is 9.81. The van der Waals surface area contributed by atoms with E-state index in [0.717, 1.165) is 41.0 Å². The fourth-order valence-corrected chi connectivity index (χ4v) is 5.42. The SMILES string of the molecule is CC[C@H]1O[C@@]2(CCc3cc(OC)ccc3O2)[C@@H](OCc2ccccc2)[C@@H](OCc2ccccc2)[C@@H]1C. The summed E-state index contributed by atoms with van der Waals surface area (Å²) in [6.07, 6.45) is 1.79. The molecule has 5 nitrogen and oxygen atoms in total. The molecule has 0 aromatic heterocycles. The number of ether oxygens (including phenoxy) is 5. The van der Waals surface area contributed by atoms with Crippen LogP contribution in [-0.2, 0) is 33.8 Å². The second kappa shape index (κ2) is 11.0. The summed E-state index contributed by atoms with van der Waals surface area (Å²) < 4.78 is 32.3. The van der Waals surface area contributed by atoms with Crippen molar-refractivity contribution in [2.75, 3.05) is 7.11 Å². The largest absolute Gasteiger partial charge is 0.497 e. The van der Waals surface area contributed by atoms with Crippen LogP contribution in [0.3, 0.4) is 0 Å². The molecule has 5 rings (SSSR count). The minimum Gasteiger partial charge on any atom is -0.497 e. The highest BCUT2D eigenvalue weighted by atomic mass is 16.7. The van der Waals surface area contributed by atoms with E-state index in [9.17, 15) is 0 Å². The zero-order valence-electron chi connectivity index (χ0n) is 21.4. The molecular formula is C31H36O5. The molecule has 5 heteroatoms. The Bertz CT molecular complexity index is 1120. The van der Waals surface area contributed by atoms with Crippen LogP contribution < -0.4 is 9.47 Å². The van der Waals surface area contributed by atoms with Crippen molar-refractivity contribution in [1.29, 1.82) is 0 Å². The van der Waals surface area contributed by atoms with Gasteiger partial charge in [-0.15, -0.1) is 0 Å². The molecule has 2 heterocycles. The molecule has 2 aliphatic heterocycles. The molecule has 0 saturated carbocycles. The van der Waals surface area contributed by atoms with Crippen LogP contribution >= 0.6 is 0 Å². The molecule has 190 valence electrons. The van der Waals surface area contributed by atoms with Gasteiger partial charge in [0.2, 0.25) is 5.79 Å². The normalized spacial score (nSPS) is 27.3. The van der Waals surface area contributed by atoms with Crippen molar-refractivity contribution in [2.24, 2.45) is 5.92 Å². The van der Waals surface area contributed by atoms with Crippen molar-refractivity contribution in [3.8, 4) is 11.5 Å². The summed E-state index contributed by atoms with van der Waals surface area (Å²) in [7, 11) is 1.69. The quantitative estimate of drug-likeness (QED) is 0.371. The second-order valence-electron chi connectivity index (χ2n) is 9.79. The molecule has 0 radical (unpaired) electrons. The van der Waals surface area contributed by atoms with Crippen LogP contribution in [-0.4, -0.2) is 31.2 Å². The number of fused-ring (bicyclic) bond motifs is 1. The predicted molar refractivity (Wildman–Crippen MR) is 139 cm³/mol. The number of hydrogen-bond acceptors (Lipinski definition) is 5. The zero-order chi connectivity index (χ0) is 25.0. The van der Waals surface area contributed by atoms with Crippen molar-refractivity contribution < 1.29 is 23.7 Å². The van der Waals surface area contributed by atoms with Gasteiger partial charge >= 0.3 is 0 Å². The van der Waals surface area contributed by atoms with Crippen LogP contribution in [0.25, 0.3) is 0 Å². The third-order valence-electron chi connectivity index (χ3n) is 7.44. The molecule has 0 aliphatic carbocycles. The second-order valence-corrected chi connectivity index (χ2v) is 9.79. The molecule has 36 heavy (non-hydrogen) atoms. The van der Waals surface area contributed by atoms with Crippen LogP contribution in [0.1, 0.15) is 43.4 Å². The van der Waals surface area contributed by atoms with Gasteiger partial charge in [0.15, 0.2) is 0 Å². The Kier molecular flexibility index (Phi) is 7.61. The maximum Gasteiger partial charge on any atom is 0.240 e. The topological polar surface area (TPSA) is 46.2 Å². The van der Waals surface area contributed by atoms with E-state index in [0.29, 0.717) is 19.6 Å². The van der Waals surface area contributed by atoms with Crippen LogP contribution in [0.2, 0.25) is 0 Å². The highest BCUT2D eigenvalue weighted by Gasteiger charge is 2.57. The Morgan fingerprint density at radius 3 is 2.19 bits per heavy atom. The van der Waals surface area contributed by atoms with Gasteiger partial charge in [0.1, 0.15) is 17.6 Å². The summed E-state index contributed by atoms with van der Waals surface area (Å²) in [6, 6.07) is 26.5. The fraction of sp³-hybridized carbons (Fsp3) is 0.419. The van der Waals surface area contributed by atoms with E-state index < -0.39 is 11.9 Å². The Hall–Kier alpha value is -2.86. The number of hydrogen-bond donors (Lipinski definition) is 0. The lowest BCUT2D eigenvalue weighted by Gasteiger charge is -2.53. The first kappa shape index (κ1) is 24.8. The van der Waals surface area contributed by atoms with Gasteiger partial charge in [-0.05, 0) is 47.7 Å². The van der Waals surface area contributed by atoms with Crippen LogP contribution in [0.15, 0.2) is 78.9 Å². The van der Waals surface area contributed by atoms with E-state index in [1.165, 1.54) is 0 Å². The smallest absolute Gasteiger partial charge is 0.240 e. The highest BCUT2D eigenvalue weighted by molar-refractivity contribution is 5.42. The Morgan fingerprint density at radius 1 is 0.889 bits per heavy atom. The number of methoxy groups -OCH3 is 1. The highest BCUT2D eigenvalue weighted by Crippen LogP contribution is 2.46. The summed E-state index contributed by atoms with van der Waals surface area (Å²) in [4.78, 5) is 0. The van der Waals surface area contributed by atoms with Crippen molar-refractivity contribution in [3.05, 3.63) is 95.6 Å². The number of benzene rings is 3. The third kappa shape index (κ3) is 5.15. The van der Waals surface area contributed by atoms with Crippen LogP contribution in [0.4, 0.5) is 0 Å². The monoisotopic (exact) mass is 488 g/mol. The first-order chi connectivity index (χ1) is 17.6. The van der Waals surface area contributed by atoms with Gasteiger partial charge in [-0.3, -0.25) is 0 Å². The molecule has 0 N–H and O–H groups in total. The van der Waals surface area contributed by atoms with Crippen molar-refractivity contribution in [1.82, 2.24) is 0 Å². The molecule has 1 spiro atoms. The van der Waals surface area contributed by atoms with Gasteiger partial charge in [0, 0.05) is 12.3 Å². The molecule has 3 aromatic rings. The van der Waals surface area contributed by atoms with Crippen LogP contribution in [0, 0.1) is 5.92 Å².